The summed E-state index contributed by atoms with van der Waals surface area (Å²) in [5, 5.41) is 7.63. The number of nitrogens with zero attached hydrogens (tertiary/aromatic N) is 3. The smallest absolute Gasteiger partial charge is 0.241 e. The fourth-order valence-corrected chi connectivity index (χ4v) is 2.23. The van der Waals surface area contributed by atoms with E-state index < -0.39 is 6.04 Å². The summed E-state index contributed by atoms with van der Waals surface area (Å²) in [4.78, 5) is 17.1. The van der Waals surface area contributed by atoms with E-state index >= 15 is 0 Å². The predicted octanol–water partition coefficient (Wildman–Crippen LogP) is 0.501. The lowest BCUT2D eigenvalue weighted by Gasteiger charge is -2.09. The minimum absolute atomic E-state index is 0.226. The van der Waals surface area contributed by atoms with Crippen molar-refractivity contribution in [2.75, 3.05) is 0 Å². The monoisotopic (exact) mass is 265 g/mol. The Hall–Kier alpha value is -1.73. The number of thiazole rings is 1. The summed E-state index contributed by atoms with van der Waals surface area (Å²) in [6.45, 7) is 2.38. The van der Waals surface area contributed by atoms with Gasteiger partial charge in [-0.1, -0.05) is 0 Å². The number of aryl methyl sites for hydroxylation is 2. The third-order valence-electron chi connectivity index (χ3n) is 2.45. The van der Waals surface area contributed by atoms with Gasteiger partial charge in [-0.3, -0.25) is 9.48 Å². The highest BCUT2D eigenvalue weighted by atomic mass is 32.1. The second-order valence-electron chi connectivity index (χ2n) is 4.01. The van der Waals surface area contributed by atoms with Gasteiger partial charge in [0.1, 0.15) is 11.0 Å². The molecule has 2 rings (SSSR count). The summed E-state index contributed by atoms with van der Waals surface area (Å²) < 4.78 is 1.62. The molecular formula is C11H15N5OS. The third kappa shape index (κ3) is 2.93. The molecule has 1 atom stereocenters. The SMILES string of the molecule is Cc1cnc(CNC(=O)C(N)c2cnn(C)c2)s1. The maximum absolute atomic E-state index is 11.8. The highest BCUT2D eigenvalue weighted by Gasteiger charge is 2.17. The van der Waals surface area contributed by atoms with E-state index in [0.717, 1.165) is 9.88 Å². The summed E-state index contributed by atoms with van der Waals surface area (Å²) in [5.41, 5.74) is 6.54. The molecule has 6 nitrogen and oxygen atoms in total. The summed E-state index contributed by atoms with van der Waals surface area (Å²) in [6.07, 6.45) is 5.11. The zero-order valence-corrected chi connectivity index (χ0v) is 11.1. The molecule has 0 bridgehead atoms. The van der Waals surface area contributed by atoms with Crippen LogP contribution in [0, 0.1) is 6.92 Å². The van der Waals surface area contributed by atoms with Crippen LogP contribution in [0.3, 0.4) is 0 Å². The molecular weight excluding hydrogens is 250 g/mol. The number of hydrogen-bond acceptors (Lipinski definition) is 5. The van der Waals surface area contributed by atoms with E-state index in [0.29, 0.717) is 12.1 Å². The fraction of sp³-hybridized carbons (Fsp3) is 0.364. The van der Waals surface area contributed by atoms with Crippen LogP contribution in [0.5, 0.6) is 0 Å². The first-order valence-electron chi connectivity index (χ1n) is 5.49. The molecule has 2 heterocycles. The first-order valence-corrected chi connectivity index (χ1v) is 6.31. The van der Waals surface area contributed by atoms with Gasteiger partial charge in [-0.25, -0.2) is 4.98 Å². The van der Waals surface area contributed by atoms with Gasteiger partial charge in [0.25, 0.3) is 0 Å². The van der Waals surface area contributed by atoms with E-state index in [1.54, 1.807) is 41.7 Å². The van der Waals surface area contributed by atoms with Gasteiger partial charge in [0.15, 0.2) is 0 Å². The molecule has 0 aliphatic rings. The first kappa shape index (κ1) is 12.7. The van der Waals surface area contributed by atoms with E-state index in [4.69, 9.17) is 5.73 Å². The number of carbonyl (C=O) groups excluding carboxylic acids is 1. The van der Waals surface area contributed by atoms with Crippen LogP contribution in [-0.4, -0.2) is 20.7 Å². The van der Waals surface area contributed by atoms with Crippen molar-refractivity contribution in [2.45, 2.75) is 19.5 Å². The van der Waals surface area contributed by atoms with Crippen LogP contribution >= 0.6 is 11.3 Å². The van der Waals surface area contributed by atoms with Crippen LogP contribution < -0.4 is 11.1 Å². The lowest BCUT2D eigenvalue weighted by molar-refractivity contribution is -0.122. The number of aromatic nitrogens is 3. The van der Waals surface area contributed by atoms with E-state index in [1.807, 2.05) is 6.92 Å². The number of rotatable bonds is 4. The molecule has 1 unspecified atom stereocenters. The van der Waals surface area contributed by atoms with Crippen molar-refractivity contribution in [3.05, 3.63) is 34.0 Å². The van der Waals surface area contributed by atoms with Gasteiger partial charge in [-0.15, -0.1) is 11.3 Å². The van der Waals surface area contributed by atoms with Gasteiger partial charge in [0.05, 0.1) is 12.7 Å². The van der Waals surface area contributed by atoms with Crippen molar-refractivity contribution >= 4 is 17.2 Å². The Bertz CT molecular complexity index is 547. The van der Waals surface area contributed by atoms with Crippen molar-refractivity contribution in [3.8, 4) is 0 Å². The molecule has 18 heavy (non-hydrogen) atoms. The second kappa shape index (κ2) is 5.28. The van der Waals surface area contributed by atoms with Crippen LogP contribution in [0.4, 0.5) is 0 Å². The Morgan fingerprint density at radius 1 is 1.61 bits per heavy atom. The zero-order chi connectivity index (χ0) is 13.1. The van der Waals surface area contributed by atoms with Gasteiger partial charge in [0, 0.05) is 29.9 Å². The second-order valence-corrected chi connectivity index (χ2v) is 5.33. The summed E-state index contributed by atoms with van der Waals surface area (Å²) in [6, 6.07) is -0.695. The molecule has 0 spiro atoms. The zero-order valence-electron chi connectivity index (χ0n) is 10.3. The largest absolute Gasteiger partial charge is 0.348 e. The molecule has 0 radical (unpaired) electrons. The van der Waals surface area contributed by atoms with Crippen LogP contribution in [-0.2, 0) is 18.4 Å². The standard InChI is InChI=1S/C11H15N5OS/c1-7-3-13-9(18-7)5-14-11(17)10(12)8-4-15-16(2)6-8/h3-4,6,10H,5,12H2,1-2H3,(H,14,17). The number of nitrogens with one attached hydrogen (secondary N) is 1. The van der Waals surface area contributed by atoms with Crippen molar-refractivity contribution < 1.29 is 4.79 Å². The predicted molar refractivity (Wildman–Crippen MR) is 68.8 cm³/mol. The van der Waals surface area contributed by atoms with Gasteiger partial charge in [-0.2, -0.15) is 5.10 Å². The van der Waals surface area contributed by atoms with E-state index in [-0.39, 0.29) is 5.91 Å². The minimum atomic E-state index is -0.695. The molecule has 7 heteroatoms. The highest BCUT2D eigenvalue weighted by Crippen LogP contribution is 2.12. The Labute approximate surface area is 109 Å². The van der Waals surface area contributed by atoms with Crippen LogP contribution in [0.2, 0.25) is 0 Å². The maximum Gasteiger partial charge on any atom is 0.241 e. The van der Waals surface area contributed by atoms with Crippen molar-refractivity contribution in [1.82, 2.24) is 20.1 Å². The fourth-order valence-electron chi connectivity index (χ4n) is 1.51. The van der Waals surface area contributed by atoms with Gasteiger partial charge in [-0.05, 0) is 6.92 Å². The van der Waals surface area contributed by atoms with Gasteiger partial charge < -0.3 is 11.1 Å². The molecule has 1 amide bonds. The number of nitrogens with two attached hydrogens (primary N) is 1. The quantitative estimate of drug-likeness (QED) is 0.843. The Morgan fingerprint density at radius 3 is 2.94 bits per heavy atom. The average Bonchev–Trinajstić information content (AvgIpc) is 2.94. The Balaban J connectivity index is 1.92. The average molecular weight is 265 g/mol. The van der Waals surface area contributed by atoms with Crippen LogP contribution in [0.1, 0.15) is 21.5 Å². The lowest BCUT2D eigenvalue weighted by atomic mass is 10.1. The van der Waals surface area contributed by atoms with E-state index in [1.165, 1.54) is 0 Å². The maximum atomic E-state index is 11.8. The normalized spacial score (nSPS) is 12.4. The first-order chi connectivity index (χ1) is 8.56. The Kier molecular flexibility index (Phi) is 3.73. The van der Waals surface area contributed by atoms with Crippen LogP contribution in [0.15, 0.2) is 18.6 Å². The number of carbonyl (C=O) groups is 1. The molecule has 0 aliphatic carbocycles. The van der Waals surface area contributed by atoms with Gasteiger partial charge in [0.2, 0.25) is 5.91 Å². The summed E-state index contributed by atoms with van der Waals surface area (Å²) >= 11 is 1.56. The topological polar surface area (TPSA) is 85.8 Å². The van der Waals surface area contributed by atoms with Gasteiger partial charge >= 0.3 is 0 Å². The van der Waals surface area contributed by atoms with Crippen LogP contribution in [0.25, 0.3) is 0 Å². The highest BCUT2D eigenvalue weighted by molar-refractivity contribution is 7.11. The van der Waals surface area contributed by atoms with E-state index in [2.05, 4.69) is 15.4 Å². The molecule has 0 saturated heterocycles. The van der Waals surface area contributed by atoms with Crippen molar-refractivity contribution in [1.29, 1.82) is 0 Å². The number of hydrogen-bond donors (Lipinski definition) is 2. The lowest BCUT2D eigenvalue weighted by Crippen LogP contribution is -2.33. The molecule has 96 valence electrons. The molecule has 0 fully saturated rings. The Morgan fingerprint density at radius 2 is 2.39 bits per heavy atom. The van der Waals surface area contributed by atoms with Crippen molar-refractivity contribution in [3.63, 3.8) is 0 Å². The molecule has 2 aromatic rings. The summed E-state index contributed by atoms with van der Waals surface area (Å²) in [5.74, 6) is -0.226. The van der Waals surface area contributed by atoms with Crippen molar-refractivity contribution in [2.24, 2.45) is 12.8 Å². The molecule has 0 aromatic carbocycles. The molecule has 0 aliphatic heterocycles. The third-order valence-corrected chi connectivity index (χ3v) is 3.36. The molecule has 2 aromatic heterocycles. The molecule has 0 saturated carbocycles. The minimum Gasteiger partial charge on any atom is -0.348 e. The van der Waals surface area contributed by atoms with E-state index in [9.17, 15) is 4.79 Å². The number of amides is 1. The summed E-state index contributed by atoms with van der Waals surface area (Å²) in [7, 11) is 1.78. The molecule has 3 N–H and O–H groups in total.